The van der Waals surface area contributed by atoms with Crippen molar-refractivity contribution in [1.29, 1.82) is 0 Å². The van der Waals surface area contributed by atoms with Gasteiger partial charge in [0.15, 0.2) is 17.3 Å². The average molecular weight is 431 g/mol. The second-order valence-corrected chi connectivity index (χ2v) is 7.49. The Morgan fingerprint density at radius 3 is 2.59 bits per heavy atom. The third-order valence-electron chi connectivity index (χ3n) is 5.62. The fourth-order valence-electron chi connectivity index (χ4n) is 4.27. The lowest BCUT2D eigenvalue weighted by Gasteiger charge is -2.29. The molecular weight excluding hydrogens is 406 g/mol. The Hall–Kier alpha value is -3.80. The largest absolute Gasteiger partial charge is 0.493 e. The molecule has 0 unspecified atom stereocenters. The number of dihydropyridines is 1. The summed E-state index contributed by atoms with van der Waals surface area (Å²) in [6.45, 7) is 7.82. The fourth-order valence-corrected chi connectivity index (χ4v) is 4.27. The molecule has 1 atom stereocenters. The predicted molar refractivity (Wildman–Crippen MR) is 122 cm³/mol. The van der Waals surface area contributed by atoms with Gasteiger partial charge in [0.1, 0.15) is 6.61 Å². The van der Waals surface area contributed by atoms with Crippen LogP contribution >= 0.6 is 0 Å². The quantitative estimate of drug-likeness (QED) is 0.518. The number of esters is 1. The number of hydrogen-bond donors (Lipinski definition) is 1. The van der Waals surface area contributed by atoms with Gasteiger partial charge in [-0.2, -0.15) is 0 Å². The third kappa shape index (κ3) is 3.47. The zero-order chi connectivity index (χ0) is 22.8. The highest BCUT2D eigenvalue weighted by Gasteiger charge is 2.43. The second kappa shape index (κ2) is 8.75. The highest BCUT2D eigenvalue weighted by Crippen LogP contribution is 2.47. The molecule has 1 aliphatic heterocycles. The number of hydrogen-bond acceptors (Lipinski definition) is 6. The van der Waals surface area contributed by atoms with Crippen molar-refractivity contribution in [3.8, 4) is 11.5 Å². The highest BCUT2D eigenvalue weighted by molar-refractivity contribution is 6.23. The van der Waals surface area contributed by atoms with Crippen LogP contribution in [-0.4, -0.2) is 32.1 Å². The number of ketones is 1. The molecule has 0 saturated heterocycles. The number of Topliss-reactive ketones (excluding diaryl/α,β-unsaturated/α-hetero) is 1. The van der Waals surface area contributed by atoms with Crippen LogP contribution in [0.5, 0.6) is 11.5 Å². The van der Waals surface area contributed by atoms with E-state index in [0.717, 1.165) is 16.8 Å². The molecule has 6 nitrogen and oxygen atoms in total. The van der Waals surface area contributed by atoms with Gasteiger partial charge < -0.3 is 19.5 Å². The number of benzene rings is 2. The molecule has 6 heteroatoms. The molecule has 164 valence electrons. The van der Waals surface area contributed by atoms with E-state index in [-0.39, 0.29) is 12.4 Å². The average Bonchev–Trinajstić information content (AvgIpc) is 3.08. The monoisotopic (exact) mass is 431 g/mol. The lowest BCUT2D eigenvalue weighted by Crippen LogP contribution is -2.29. The third-order valence-corrected chi connectivity index (χ3v) is 5.62. The lowest BCUT2D eigenvalue weighted by atomic mass is 9.79. The van der Waals surface area contributed by atoms with Crippen molar-refractivity contribution in [2.75, 3.05) is 20.3 Å². The van der Waals surface area contributed by atoms with Gasteiger partial charge in [-0.15, -0.1) is 0 Å². The van der Waals surface area contributed by atoms with Gasteiger partial charge >= 0.3 is 5.97 Å². The number of methoxy groups -OCH3 is 1. The van der Waals surface area contributed by atoms with Crippen molar-refractivity contribution in [2.45, 2.75) is 19.8 Å². The zero-order valence-electron chi connectivity index (χ0n) is 18.4. The molecule has 1 N–H and O–H groups in total. The van der Waals surface area contributed by atoms with Crippen LogP contribution < -0.4 is 14.8 Å². The van der Waals surface area contributed by atoms with Crippen molar-refractivity contribution in [2.24, 2.45) is 0 Å². The van der Waals surface area contributed by atoms with Crippen LogP contribution in [0.3, 0.4) is 0 Å². The summed E-state index contributed by atoms with van der Waals surface area (Å²) in [6, 6.07) is 12.9. The Bertz CT molecular complexity index is 1170. The molecule has 0 radical (unpaired) electrons. The van der Waals surface area contributed by atoms with Crippen LogP contribution in [0, 0.1) is 0 Å². The Morgan fingerprint density at radius 2 is 1.91 bits per heavy atom. The smallest absolute Gasteiger partial charge is 0.336 e. The van der Waals surface area contributed by atoms with E-state index in [9.17, 15) is 9.59 Å². The van der Waals surface area contributed by atoms with E-state index in [1.165, 1.54) is 0 Å². The van der Waals surface area contributed by atoms with Crippen molar-refractivity contribution in [1.82, 2.24) is 5.32 Å². The Morgan fingerprint density at radius 1 is 1.16 bits per heavy atom. The number of fused-ring (bicyclic) bond motifs is 2. The van der Waals surface area contributed by atoms with Gasteiger partial charge in [0, 0.05) is 28.3 Å². The van der Waals surface area contributed by atoms with E-state index in [1.807, 2.05) is 37.3 Å². The first-order valence-corrected chi connectivity index (χ1v) is 10.5. The van der Waals surface area contributed by atoms with Gasteiger partial charge in [0.25, 0.3) is 0 Å². The number of carbonyl (C=O) groups excluding carboxylic acids is 2. The summed E-state index contributed by atoms with van der Waals surface area (Å²) in [5, 5.41) is 3.29. The SMILES string of the molecule is C=CCOc1ccc([C@H]2C(C(=O)OCC)=C(C)NC3=C2C(=O)c2ccccc23)cc1OC. The van der Waals surface area contributed by atoms with Gasteiger partial charge in [-0.05, 0) is 31.5 Å². The highest BCUT2D eigenvalue weighted by atomic mass is 16.5. The van der Waals surface area contributed by atoms with Crippen LogP contribution in [0.1, 0.15) is 41.3 Å². The molecule has 1 heterocycles. The lowest BCUT2D eigenvalue weighted by molar-refractivity contribution is -0.138. The number of rotatable bonds is 7. The standard InChI is InChI=1S/C26H25NO5/c1-5-13-32-19-12-11-16(14-20(19)30-4)22-21(26(29)31-6-2)15(3)27-24-17-9-7-8-10-18(17)25(28)23(22)24/h5,7-12,14,22,27H,1,6,13H2,2-4H3/t22-/m0/s1. The molecule has 2 aromatic rings. The molecule has 0 amide bonds. The van der Waals surface area contributed by atoms with Gasteiger partial charge in [-0.3, -0.25) is 4.79 Å². The fraction of sp³-hybridized carbons (Fsp3) is 0.231. The second-order valence-electron chi connectivity index (χ2n) is 7.49. The van der Waals surface area contributed by atoms with E-state index in [0.29, 0.717) is 40.5 Å². The Kier molecular flexibility index (Phi) is 5.86. The molecule has 0 spiro atoms. The van der Waals surface area contributed by atoms with Crippen molar-refractivity contribution in [3.63, 3.8) is 0 Å². The topological polar surface area (TPSA) is 73.9 Å². The number of carbonyl (C=O) groups is 2. The molecule has 2 aliphatic rings. The van der Waals surface area contributed by atoms with Crippen LogP contribution in [0.2, 0.25) is 0 Å². The molecule has 32 heavy (non-hydrogen) atoms. The Balaban J connectivity index is 1.89. The number of ether oxygens (including phenoxy) is 3. The normalized spacial score (nSPS) is 16.8. The van der Waals surface area contributed by atoms with E-state index in [4.69, 9.17) is 14.2 Å². The molecule has 0 fully saturated rings. The Labute approximate surface area is 187 Å². The van der Waals surface area contributed by atoms with Crippen LogP contribution in [-0.2, 0) is 9.53 Å². The summed E-state index contributed by atoms with van der Waals surface area (Å²) < 4.78 is 16.6. The van der Waals surface area contributed by atoms with Gasteiger partial charge in [0.05, 0.1) is 25.0 Å². The summed E-state index contributed by atoms with van der Waals surface area (Å²) >= 11 is 0. The molecule has 2 aromatic carbocycles. The van der Waals surface area contributed by atoms with Crippen LogP contribution in [0.15, 0.2) is 72.0 Å². The molecule has 0 saturated carbocycles. The predicted octanol–water partition coefficient (Wildman–Crippen LogP) is 4.39. The maximum atomic E-state index is 13.5. The molecule has 0 bridgehead atoms. The molecule has 0 aromatic heterocycles. The van der Waals surface area contributed by atoms with Crippen LogP contribution in [0.4, 0.5) is 0 Å². The van der Waals surface area contributed by atoms with Crippen LogP contribution in [0.25, 0.3) is 5.70 Å². The minimum absolute atomic E-state index is 0.103. The summed E-state index contributed by atoms with van der Waals surface area (Å²) in [6.07, 6.45) is 1.65. The first kappa shape index (κ1) is 21.4. The van der Waals surface area contributed by atoms with Gasteiger partial charge in [0.2, 0.25) is 0 Å². The van der Waals surface area contributed by atoms with E-state index in [2.05, 4.69) is 11.9 Å². The summed E-state index contributed by atoms with van der Waals surface area (Å²) in [4.78, 5) is 26.5. The summed E-state index contributed by atoms with van der Waals surface area (Å²) in [7, 11) is 1.55. The van der Waals surface area contributed by atoms with Crippen molar-refractivity contribution in [3.05, 3.63) is 88.7 Å². The van der Waals surface area contributed by atoms with E-state index < -0.39 is 11.9 Å². The van der Waals surface area contributed by atoms with Crippen molar-refractivity contribution >= 4 is 17.4 Å². The number of allylic oxidation sites excluding steroid dienone is 2. The van der Waals surface area contributed by atoms with Gasteiger partial charge in [-0.25, -0.2) is 4.79 Å². The minimum atomic E-state index is -0.604. The maximum Gasteiger partial charge on any atom is 0.336 e. The molecule has 4 rings (SSSR count). The summed E-state index contributed by atoms with van der Waals surface area (Å²) in [5.41, 5.74) is 4.51. The first-order valence-electron chi connectivity index (χ1n) is 10.5. The first-order chi connectivity index (χ1) is 15.5. The molecule has 1 aliphatic carbocycles. The summed E-state index contributed by atoms with van der Waals surface area (Å²) in [5.74, 6) is -0.0998. The maximum absolute atomic E-state index is 13.5. The van der Waals surface area contributed by atoms with E-state index in [1.54, 1.807) is 32.2 Å². The molecular formula is C26H25NO5. The van der Waals surface area contributed by atoms with Gasteiger partial charge in [-0.1, -0.05) is 43.0 Å². The number of nitrogens with one attached hydrogen (secondary N) is 1. The minimum Gasteiger partial charge on any atom is -0.493 e. The zero-order valence-corrected chi connectivity index (χ0v) is 18.4. The van der Waals surface area contributed by atoms with E-state index >= 15 is 0 Å². The van der Waals surface area contributed by atoms with Crippen molar-refractivity contribution < 1.29 is 23.8 Å².